The van der Waals surface area contributed by atoms with Gasteiger partial charge < -0.3 is 5.32 Å². The van der Waals surface area contributed by atoms with Crippen LogP contribution < -0.4 is 5.32 Å². The van der Waals surface area contributed by atoms with Gasteiger partial charge in [-0.05, 0) is 44.1 Å². The lowest BCUT2D eigenvalue weighted by Crippen LogP contribution is -2.03. The maximum Gasteiger partial charge on any atom is 0.223 e. The van der Waals surface area contributed by atoms with Crippen LogP contribution in [0.15, 0.2) is 15.6 Å². The monoisotopic (exact) mass is 267 g/mol. The molecule has 2 rings (SSSR count). The minimum Gasteiger partial charge on any atom is -0.354 e. The number of hydrogen-bond acceptors (Lipinski definition) is 7. The number of nitrogens with one attached hydrogen (secondary N) is 1. The Kier molecular flexibility index (Phi) is 3.90. The highest BCUT2D eigenvalue weighted by Gasteiger charge is 2.08. The predicted molar refractivity (Wildman–Crippen MR) is 69.7 cm³/mol. The van der Waals surface area contributed by atoms with Crippen molar-refractivity contribution in [2.75, 3.05) is 11.9 Å². The van der Waals surface area contributed by atoms with E-state index in [2.05, 4.69) is 24.6 Å². The first kappa shape index (κ1) is 12.3. The summed E-state index contributed by atoms with van der Waals surface area (Å²) >= 11 is 2.92. The summed E-state index contributed by atoms with van der Waals surface area (Å²) < 4.78 is 5.06. The van der Waals surface area contributed by atoms with Crippen molar-refractivity contribution >= 4 is 29.2 Å². The van der Waals surface area contributed by atoms with E-state index in [1.165, 1.54) is 23.3 Å². The quantitative estimate of drug-likeness (QED) is 0.859. The first-order chi connectivity index (χ1) is 8.19. The normalized spacial score (nSPS) is 10.5. The average Bonchev–Trinajstić information content (AvgIpc) is 2.69. The summed E-state index contributed by atoms with van der Waals surface area (Å²) in [6.07, 6.45) is 1.82. The third kappa shape index (κ3) is 3.13. The standard InChI is InChI=1S/C10H13N5S2/c1-4-11-9-12-5-6(2)8(14-9)16-10-13-7(3)15-17-10/h5H,4H2,1-3H3,(H,11,12,14). The predicted octanol–water partition coefficient (Wildman–Crippen LogP) is 2.53. The van der Waals surface area contributed by atoms with E-state index < -0.39 is 0 Å². The maximum absolute atomic E-state index is 4.45. The smallest absolute Gasteiger partial charge is 0.223 e. The third-order valence-electron chi connectivity index (χ3n) is 1.95. The van der Waals surface area contributed by atoms with Gasteiger partial charge in [0.05, 0.1) is 0 Å². The average molecular weight is 267 g/mol. The van der Waals surface area contributed by atoms with Crippen LogP contribution in [0.1, 0.15) is 18.3 Å². The SMILES string of the molecule is CCNc1ncc(C)c(Sc2nc(C)ns2)n1. The molecular weight excluding hydrogens is 254 g/mol. The molecule has 17 heavy (non-hydrogen) atoms. The van der Waals surface area contributed by atoms with Crippen LogP contribution in [0.3, 0.4) is 0 Å². The van der Waals surface area contributed by atoms with Crippen molar-refractivity contribution in [1.82, 2.24) is 19.3 Å². The minimum absolute atomic E-state index is 0.654. The summed E-state index contributed by atoms with van der Waals surface area (Å²) in [7, 11) is 0. The lowest BCUT2D eigenvalue weighted by Gasteiger charge is -2.05. The van der Waals surface area contributed by atoms with E-state index in [-0.39, 0.29) is 0 Å². The van der Waals surface area contributed by atoms with Gasteiger partial charge in [-0.1, -0.05) is 0 Å². The zero-order chi connectivity index (χ0) is 12.3. The third-order valence-corrected chi connectivity index (χ3v) is 3.90. The van der Waals surface area contributed by atoms with Crippen LogP contribution in [0, 0.1) is 13.8 Å². The molecule has 0 unspecified atom stereocenters. The second-order valence-electron chi connectivity index (χ2n) is 3.42. The van der Waals surface area contributed by atoms with Crippen LogP contribution in [-0.2, 0) is 0 Å². The molecule has 0 saturated heterocycles. The molecule has 7 heteroatoms. The lowest BCUT2D eigenvalue weighted by atomic mass is 10.4. The van der Waals surface area contributed by atoms with Crippen molar-refractivity contribution in [2.24, 2.45) is 0 Å². The fraction of sp³-hybridized carbons (Fsp3) is 0.400. The Morgan fingerprint density at radius 3 is 2.82 bits per heavy atom. The number of nitrogens with zero attached hydrogens (tertiary/aromatic N) is 4. The fourth-order valence-electron chi connectivity index (χ4n) is 1.18. The van der Waals surface area contributed by atoms with E-state index in [1.807, 2.05) is 27.0 Å². The van der Waals surface area contributed by atoms with E-state index in [0.29, 0.717) is 5.95 Å². The van der Waals surface area contributed by atoms with E-state index in [9.17, 15) is 0 Å². The van der Waals surface area contributed by atoms with Crippen LogP contribution in [0.4, 0.5) is 5.95 Å². The molecule has 0 spiro atoms. The van der Waals surface area contributed by atoms with Crippen LogP contribution in [0.2, 0.25) is 0 Å². The summed E-state index contributed by atoms with van der Waals surface area (Å²) in [6.45, 7) is 6.71. The van der Waals surface area contributed by atoms with Crippen molar-refractivity contribution < 1.29 is 0 Å². The number of aryl methyl sites for hydroxylation is 2. The van der Waals surface area contributed by atoms with Crippen LogP contribution in [-0.4, -0.2) is 25.9 Å². The van der Waals surface area contributed by atoms with E-state index in [4.69, 9.17) is 0 Å². The van der Waals surface area contributed by atoms with E-state index in [0.717, 1.165) is 27.3 Å². The Morgan fingerprint density at radius 2 is 2.18 bits per heavy atom. The molecule has 0 aliphatic carbocycles. The van der Waals surface area contributed by atoms with E-state index >= 15 is 0 Å². The topological polar surface area (TPSA) is 63.6 Å². The summed E-state index contributed by atoms with van der Waals surface area (Å²) in [4.78, 5) is 13.0. The molecule has 0 aliphatic rings. The number of rotatable bonds is 4. The Balaban J connectivity index is 2.22. The lowest BCUT2D eigenvalue weighted by molar-refractivity contribution is 0.981. The number of anilines is 1. The molecule has 2 heterocycles. The van der Waals surface area contributed by atoms with Gasteiger partial charge in [0.25, 0.3) is 0 Å². The Morgan fingerprint density at radius 1 is 1.35 bits per heavy atom. The van der Waals surface area contributed by atoms with Crippen molar-refractivity contribution in [3.8, 4) is 0 Å². The minimum atomic E-state index is 0.654. The van der Waals surface area contributed by atoms with Crippen molar-refractivity contribution in [3.63, 3.8) is 0 Å². The van der Waals surface area contributed by atoms with Gasteiger partial charge in [0.15, 0.2) is 4.34 Å². The molecular formula is C10H13N5S2. The molecule has 0 aliphatic heterocycles. The zero-order valence-electron chi connectivity index (χ0n) is 9.89. The summed E-state index contributed by atoms with van der Waals surface area (Å²) in [5, 5.41) is 4.02. The fourth-order valence-corrected chi connectivity index (χ4v) is 2.79. The molecule has 0 bridgehead atoms. The van der Waals surface area contributed by atoms with Gasteiger partial charge >= 0.3 is 0 Å². The molecule has 1 N–H and O–H groups in total. The number of aromatic nitrogens is 4. The molecule has 0 atom stereocenters. The molecule has 0 fully saturated rings. The van der Waals surface area contributed by atoms with Crippen molar-refractivity contribution in [3.05, 3.63) is 17.6 Å². The van der Waals surface area contributed by atoms with Crippen molar-refractivity contribution in [2.45, 2.75) is 30.1 Å². The summed E-state index contributed by atoms with van der Waals surface area (Å²) in [5.74, 6) is 1.46. The molecule has 0 radical (unpaired) electrons. The molecule has 2 aromatic rings. The second-order valence-corrected chi connectivity index (χ2v) is 5.41. The largest absolute Gasteiger partial charge is 0.354 e. The highest BCUT2D eigenvalue weighted by Crippen LogP contribution is 2.29. The van der Waals surface area contributed by atoms with Gasteiger partial charge in [-0.15, -0.1) is 0 Å². The van der Waals surface area contributed by atoms with Gasteiger partial charge in [-0.25, -0.2) is 15.0 Å². The highest BCUT2D eigenvalue weighted by molar-refractivity contribution is 8.00. The van der Waals surface area contributed by atoms with E-state index in [1.54, 1.807) is 0 Å². The summed E-state index contributed by atoms with van der Waals surface area (Å²) in [5.41, 5.74) is 1.05. The first-order valence-electron chi connectivity index (χ1n) is 5.24. The maximum atomic E-state index is 4.45. The van der Waals surface area contributed by atoms with Crippen LogP contribution in [0.25, 0.3) is 0 Å². The van der Waals surface area contributed by atoms with Crippen LogP contribution in [0.5, 0.6) is 0 Å². The van der Waals surface area contributed by atoms with Gasteiger partial charge in [0.2, 0.25) is 5.95 Å². The highest BCUT2D eigenvalue weighted by atomic mass is 32.2. The number of hydrogen-bond donors (Lipinski definition) is 1. The molecule has 0 saturated carbocycles. The van der Waals surface area contributed by atoms with Crippen molar-refractivity contribution in [1.29, 1.82) is 0 Å². The Hall–Kier alpha value is -1.21. The molecule has 2 aromatic heterocycles. The van der Waals surface area contributed by atoms with Gasteiger partial charge in [-0.2, -0.15) is 4.37 Å². The zero-order valence-corrected chi connectivity index (χ0v) is 11.5. The molecule has 90 valence electrons. The molecule has 5 nitrogen and oxygen atoms in total. The van der Waals surface area contributed by atoms with Gasteiger partial charge in [0.1, 0.15) is 10.9 Å². The van der Waals surface area contributed by atoms with Crippen LogP contribution >= 0.6 is 23.3 Å². The Bertz CT molecular complexity index is 511. The molecule has 0 amide bonds. The molecule has 0 aromatic carbocycles. The van der Waals surface area contributed by atoms with Gasteiger partial charge in [-0.3, -0.25) is 0 Å². The first-order valence-corrected chi connectivity index (χ1v) is 6.83. The summed E-state index contributed by atoms with van der Waals surface area (Å²) in [6, 6.07) is 0. The van der Waals surface area contributed by atoms with Gasteiger partial charge in [0, 0.05) is 18.3 Å². The Labute approximate surface area is 108 Å². The second kappa shape index (κ2) is 5.42.